The Hall–Kier alpha value is -4.04. The maximum Gasteiger partial charge on any atom is 0.296 e. The van der Waals surface area contributed by atoms with Gasteiger partial charge in [0.25, 0.3) is 11.8 Å². The highest BCUT2D eigenvalue weighted by Crippen LogP contribution is 2.32. The van der Waals surface area contributed by atoms with Crippen LogP contribution in [-0.4, -0.2) is 54.3 Å². The van der Waals surface area contributed by atoms with Crippen LogP contribution in [0.25, 0.3) is 11.3 Å². The number of nitrogens with one attached hydrogen (secondary N) is 2. The third-order valence-corrected chi connectivity index (χ3v) is 5.21. The fourth-order valence-electron chi connectivity index (χ4n) is 3.48. The molecule has 1 aliphatic rings. The van der Waals surface area contributed by atoms with Crippen LogP contribution in [0.15, 0.2) is 42.6 Å². The first-order valence-corrected chi connectivity index (χ1v) is 10.4. The van der Waals surface area contributed by atoms with E-state index in [1.807, 2.05) is 6.07 Å². The molecule has 1 aromatic carbocycles. The first-order valence-electron chi connectivity index (χ1n) is 10.4. The molecule has 34 heavy (non-hydrogen) atoms. The smallest absolute Gasteiger partial charge is 0.296 e. The van der Waals surface area contributed by atoms with Gasteiger partial charge in [-0.3, -0.25) is 0 Å². The molecular weight excluding hydrogens is 446 g/mol. The maximum absolute atomic E-state index is 14.1. The highest BCUT2D eigenvalue weighted by Gasteiger charge is 2.43. The summed E-state index contributed by atoms with van der Waals surface area (Å²) in [6.45, 7) is -0.0326. The van der Waals surface area contributed by atoms with Crippen molar-refractivity contribution in [1.82, 2.24) is 20.3 Å². The average molecular weight is 468 g/mol. The van der Waals surface area contributed by atoms with Gasteiger partial charge in [0, 0.05) is 18.2 Å². The van der Waals surface area contributed by atoms with Crippen molar-refractivity contribution >= 4 is 11.8 Å². The van der Waals surface area contributed by atoms with Gasteiger partial charge in [-0.25, -0.2) is 18.7 Å². The van der Waals surface area contributed by atoms with Crippen LogP contribution < -0.4 is 24.8 Å². The monoisotopic (exact) mass is 468 g/mol. The third kappa shape index (κ3) is 4.97. The lowest BCUT2D eigenvalue weighted by atomic mass is 10.0. The summed E-state index contributed by atoms with van der Waals surface area (Å²) in [4.78, 5) is 13.0. The van der Waals surface area contributed by atoms with Crippen LogP contribution in [0.2, 0.25) is 0 Å². The molecule has 1 unspecified atom stereocenters. The van der Waals surface area contributed by atoms with E-state index in [0.717, 1.165) is 0 Å². The van der Waals surface area contributed by atoms with Gasteiger partial charge in [0.1, 0.15) is 17.6 Å². The van der Waals surface area contributed by atoms with E-state index in [1.165, 1.54) is 20.3 Å². The molecule has 0 aliphatic carbocycles. The standard InChI is InChI=1S/C23H22F2N6O3/c1-32-18-5-6-20(30-21(18)33-2)31-22-28-10-7-16(29-22)14-3-4-17(15(11-14)12-26)34-19-8-9-27-13-23(19,24)25/h3-7,10-11,19,27H,8-9,13H2,1-2H3,(H,28,29,30,31). The van der Waals surface area contributed by atoms with Crippen LogP contribution in [0.1, 0.15) is 12.0 Å². The Labute approximate surface area is 194 Å². The normalized spacial score (nSPS) is 16.9. The van der Waals surface area contributed by atoms with E-state index in [-0.39, 0.29) is 23.7 Å². The molecule has 0 bridgehead atoms. The van der Waals surface area contributed by atoms with Crippen LogP contribution in [0, 0.1) is 11.3 Å². The molecule has 1 atom stereocenters. The lowest BCUT2D eigenvalue weighted by Crippen LogP contribution is -2.52. The lowest BCUT2D eigenvalue weighted by Gasteiger charge is -2.32. The van der Waals surface area contributed by atoms with Gasteiger partial charge in [0.05, 0.1) is 32.0 Å². The second-order valence-electron chi connectivity index (χ2n) is 7.45. The fraction of sp³-hybridized carbons (Fsp3) is 0.304. The van der Waals surface area contributed by atoms with E-state index in [2.05, 4.69) is 25.6 Å². The Morgan fingerprint density at radius 2 is 1.94 bits per heavy atom. The summed E-state index contributed by atoms with van der Waals surface area (Å²) in [5.74, 6) is -1.41. The minimum absolute atomic E-state index is 0.111. The van der Waals surface area contributed by atoms with Gasteiger partial charge in [-0.1, -0.05) is 0 Å². The molecule has 176 valence electrons. The van der Waals surface area contributed by atoms with Gasteiger partial charge in [-0.2, -0.15) is 10.2 Å². The van der Waals surface area contributed by atoms with Gasteiger partial charge in [0.2, 0.25) is 5.95 Å². The predicted octanol–water partition coefficient (Wildman–Crippen LogP) is 3.55. The fourth-order valence-corrected chi connectivity index (χ4v) is 3.48. The van der Waals surface area contributed by atoms with Crippen LogP contribution >= 0.6 is 0 Å². The van der Waals surface area contributed by atoms with Crippen molar-refractivity contribution in [3.8, 4) is 34.7 Å². The number of rotatable bonds is 7. The number of ether oxygens (including phenoxy) is 3. The molecule has 1 saturated heterocycles. The topological polar surface area (TPSA) is 114 Å². The van der Waals surface area contributed by atoms with E-state index in [1.54, 1.807) is 36.5 Å². The minimum atomic E-state index is -3.02. The second-order valence-corrected chi connectivity index (χ2v) is 7.45. The van der Waals surface area contributed by atoms with E-state index >= 15 is 0 Å². The molecule has 4 rings (SSSR count). The Morgan fingerprint density at radius 3 is 2.68 bits per heavy atom. The van der Waals surface area contributed by atoms with Crippen molar-refractivity contribution in [2.75, 3.05) is 32.6 Å². The summed E-state index contributed by atoms with van der Waals surface area (Å²) in [6.07, 6.45) is 0.401. The first-order chi connectivity index (χ1) is 16.4. The SMILES string of the molecule is COc1ccc(Nc2nccc(-c3ccc(OC4CCNCC4(F)F)c(C#N)c3)n2)nc1OC. The number of aromatic nitrogens is 3. The molecule has 2 aromatic heterocycles. The zero-order chi connectivity index (χ0) is 24.1. The summed E-state index contributed by atoms with van der Waals surface area (Å²) in [6, 6.07) is 11.8. The number of nitrogens with zero attached hydrogens (tertiary/aromatic N) is 4. The number of benzene rings is 1. The van der Waals surface area contributed by atoms with Crippen LogP contribution in [0.4, 0.5) is 20.5 Å². The van der Waals surface area contributed by atoms with Crippen molar-refractivity contribution in [1.29, 1.82) is 5.26 Å². The summed E-state index contributed by atoms with van der Waals surface area (Å²) in [5, 5.41) is 15.2. The maximum atomic E-state index is 14.1. The molecule has 0 amide bonds. The van der Waals surface area contributed by atoms with Gasteiger partial charge in [0.15, 0.2) is 11.9 Å². The summed E-state index contributed by atoms with van der Waals surface area (Å²) in [7, 11) is 3.00. The number of nitriles is 1. The zero-order valence-electron chi connectivity index (χ0n) is 18.5. The second kappa shape index (κ2) is 9.84. The minimum Gasteiger partial charge on any atom is -0.491 e. The summed E-state index contributed by atoms with van der Waals surface area (Å²) in [5.41, 5.74) is 1.27. The molecule has 2 N–H and O–H groups in total. The number of piperidine rings is 1. The molecule has 1 fully saturated rings. The number of alkyl halides is 2. The zero-order valence-corrected chi connectivity index (χ0v) is 18.5. The number of halogens is 2. The summed E-state index contributed by atoms with van der Waals surface area (Å²) >= 11 is 0. The van der Waals surface area contributed by atoms with Crippen molar-refractivity contribution in [2.45, 2.75) is 18.4 Å². The average Bonchev–Trinajstić information content (AvgIpc) is 2.85. The van der Waals surface area contributed by atoms with Crippen LogP contribution in [0.5, 0.6) is 17.4 Å². The Morgan fingerprint density at radius 1 is 1.12 bits per heavy atom. The number of methoxy groups -OCH3 is 2. The van der Waals surface area contributed by atoms with Crippen molar-refractivity contribution < 1.29 is 23.0 Å². The molecule has 3 heterocycles. The Balaban J connectivity index is 1.56. The van der Waals surface area contributed by atoms with Crippen LogP contribution in [0.3, 0.4) is 0 Å². The number of anilines is 2. The lowest BCUT2D eigenvalue weighted by molar-refractivity contribution is -0.109. The van der Waals surface area contributed by atoms with Crippen LogP contribution in [-0.2, 0) is 0 Å². The molecule has 0 saturated carbocycles. The number of hydrogen-bond donors (Lipinski definition) is 2. The van der Waals surface area contributed by atoms with Gasteiger partial charge in [-0.05, 0) is 42.9 Å². The number of pyridine rings is 1. The molecule has 0 spiro atoms. The molecule has 1 aliphatic heterocycles. The van der Waals surface area contributed by atoms with Gasteiger partial charge >= 0.3 is 0 Å². The van der Waals surface area contributed by atoms with Gasteiger partial charge in [-0.15, -0.1) is 0 Å². The first kappa shape index (κ1) is 23.1. The largest absolute Gasteiger partial charge is 0.491 e. The third-order valence-electron chi connectivity index (χ3n) is 5.21. The highest BCUT2D eigenvalue weighted by atomic mass is 19.3. The quantitative estimate of drug-likeness (QED) is 0.537. The predicted molar refractivity (Wildman–Crippen MR) is 120 cm³/mol. The molecule has 3 aromatic rings. The van der Waals surface area contributed by atoms with Crippen molar-refractivity contribution in [2.24, 2.45) is 0 Å². The van der Waals surface area contributed by atoms with Crippen molar-refractivity contribution in [3.63, 3.8) is 0 Å². The molecular formula is C23H22F2N6O3. The highest BCUT2D eigenvalue weighted by molar-refractivity contribution is 5.65. The Bertz CT molecular complexity index is 1220. The van der Waals surface area contributed by atoms with E-state index < -0.39 is 18.6 Å². The number of hydrogen-bond acceptors (Lipinski definition) is 9. The van der Waals surface area contributed by atoms with E-state index in [4.69, 9.17) is 14.2 Å². The van der Waals surface area contributed by atoms with E-state index in [9.17, 15) is 14.0 Å². The van der Waals surface area contributed by atoms with Crippen molar-refractivity contribution in [3.05, 3.63) is 48.2 Å². The molecule has 9 nitrogen and oxygen atoms in total. The molecule has 0 radical (unpaired) electrons. The Kier molecular flexibility index (Phi) is 6.70. The van der Waals surface area contributed by atoms with Gasteiger partial charge < -0.3 is 24.8 Å². The summed E-state index contributed by atoms with van der Waals surface area (Å²) < 4.78 is 44.2. The van der Waals surface area contributed by atoms with E-state index in [0.29, 0.717) is 35.2 Å². The molecule has 11 heteroatoms.